The fourth-order valence-electron chi connectivity index (χ4n) is 1.99. The largest absolute Gasteiger partial charge is 0.309 e. The lowest BCUT2D eigenvalue weighted by atomic mass is 10.2. The first-order valence-electron chi connectivity index (χ1n) is 5.35. The van der Waals surface area contributed by atoms with Gasteiger partial charge >= 0.3 is 0 Å². The van der Waals surface area contributed by atoms with Gasteiger partial charge in [0.05, 0.1) is 6.54 Å². The van der Waals surface area contributed by atoms with Crippen LogP contribution in [0.25, 0.3) is 11.4 Å². The van der Waals surface area contributed by atoms with Crippen LogP contribution in [0.15, 0.2) is 24.5 Å². The molecule has 0 fully saturated rings. The molecule has 2 aromatic heterocycles. The molecule has 0 atom stereocenters. The second-order valence-corrected chi connectivity index (χ2v) is 4.07. The van der Waals surface area contributed by atoms with Gasteiger partial charge in [-0.15, -0.1) is 10.2 Å². The summed E-state index contributed by atoms with van der Waals surface area (Å²) in [5.41, 5.74) is 1.08. The Balaban J connectivity index is 2.04. The summed E-state index contributed by atoms with van der Waals surface area (Å²) in [5.74, 6) is 1.99. The highest BCUT2D eigenvalue weighted by Gasteiger charge is 2.19. The average Bonchev–Trinajstić information content (AvgIpc) is 2.73. The molecule has 0 spiro atoms. The lowest BCUT2D eigenvalue weighted by Gasteiger charge is -2.23. The first kappa shape index (κ1) is 9.47. The van der Waals surface area contributed by atoms with E-state index in [2.05, 4.69) is 31.7 Å². The van der Waals surface area contributed by atoms with Gasteiger partial charge < -0.3 is 4.57 Å². The van der Waals surface area contributed by atoms with Crippen molar-refractivity contribution >= 4 is 0 Å². The van der Waals surface area contributed by atoms with Gasteiger partial charge in [0.1, 0.15) is 5.82 Å². The Morgan fingerprint density at radius 3 is 2.75 bits per heavy atom. The summed E-state index contributed by atoms with van der Waals surface area (Å²) in [6.07, 6.45) is 3.57. The Labute approximate surface area is 93.7 Å². The van der Waals surface area contributed by atoms with E-state index in [0.717, 1.165) is 36.8 Å². The maximum Gasteiger partial charge on any atom is 0.164 e. The molecule has 1 aliphatic rings. The minimum absolute atomic E-state index is 0.873. The number of nitrogens with zero attached hydrogens (tertiary/aromatic N) is 5. The molecule has 0 saturated carbocycles. The number of fused-ring (bicyclic) bond motifs is 1. The van der Waals surface area contributed by atoms with Crippen molar-refractivity contribution in [2.45, 2.75) is 13.1 Å². The van der Waals surface area contributed by atoms with Crippen LogP contribution in [-0.4, -0.2) is 38.2 Å². The summed E-state index contributed by atoms with van der Waals surface area (Å²) in [7, 11) is 2.10. The van der Waals surface area contributed by atoms with Gasteiger partial charge in [-0.05, 0) is 19.2 Å². The molecule has 3 heterocycles. The Hall–Kier alpha value is -1.75. The molecular weight excluding hydrogens is 202 g/mol. The second-order valence-electron chi connectivity index (χ2n) is 4.07. The maximum atomic E-state index is 4.26. The molecule has 5 heteroatoms. The maximum absolute atomic E-state index is 4.26. The predicted octanol–water partition coefficient (Wildman–Crippen LogP) is 0.786. The van der Waals surface area contributed by atoms with Crippen molar-refractivity contribution in [3.63, 3.8) is 0 Å². The van der Waals surface area contributed by atoms with Crippen molar-refractivity contribution in [2.24, 2.45) is 0 Å². The van der Waals surface area contributed by atoms with E-state index < -0.39 is 0 Å². The van der Waals surface area contributed by atoms with E-state index >= 15 is 0 Å². The van der Waals surface area contributed by atoms with E-state index in [0.29, 0.717) is 0 Å². The highest BCUT2D eigenvalue weighted by molar-refractivity contribution is 5.54. The van der Waals surface area contributed by atoms with Crippen molar-refractivity contribution < 1.29 is 0 Å². The number of pyridine rings is 1. The van der Waals surface area contributed by atoms with Crippen molar-refractivity contribution in [1.82, 2.24) is 24.6 Å². The molecule has 0 aliphatic carbocycles. The van der Waals surface area contributed by atoms with Gasteiger partial charge in [0.15, 0.2) is 5.82 Å². The van der Waals surface area contributed by atoms with Crippen molar-refractivity contribution in [3.05, 3.63) is 30.4 Å². The molecule has 1 aliphatic heterocycles. The summed E-state index contributed by atoms with van der Waals surface area (Å²) >= 11 is 0. The molecule has 0 bridgehead atoms. The van der Waals surface area contributed by atoms with Crippen LogP contribution in [0.3, 0.4) is 0 Å². The zero-order valence-electron chi connectivity index (χ0n) is 9.17. The molecule has 2 aromatic rings. The van der Waals surface area contributed by atoms with Crippen LogP contribution in [0.4, 0.5) is 0 Å². The number of hydrogen-bond acceptors (Lipinski definition) is 4. The third-order valence-electron chi connectivity index (χ3n) is 2.88. The highest BCUT2D eigenvalue weighted by atomic mass is 15.3. The molecule has 5 nitrogen and oxygen atoms in total. The Bertz CT molecular complexity index is 490. The summed E-state index contributed by atoms with van der Waals surface area (Å²) in [6.45, 7) is 2.87. The zero-order chi connectivity index (χ0) is 11.0. The quantitative estimate of drug-likeness (QED) is 0.705. The van der Waals surface area contributed by atoms with Crippen LogP contribution in [-0.2, 0) is 13.1 Å². The normalized spacial score (nSPS) is 16.1. The van der Waals surface area contributed by atoms with Gasteiger partial charge in [0.25, 0.3) is 0 Å². The predicted molar refractivity (Wildman–Crippen MR) is 59.6 cm³/mol. The lowest BCUT2D eigenvalue weighted by Crippen LogP contribution is -2.30. The second kappa shape index (κ2) is 3.68. The van der Waals surface area contributed by atoms with Crippen LogP contribution in [0, 0.1) is 0 Å². The monoisotopic (exact) mass is 215 g/mol. The SMILES string of the molecule is CN1CCn2c(nnc2-c2ccncc2)C1. The van der Waals surface area contributed by atoms with Gasteiger partial charge in [0.2, 0.25) is 0 Å². The standard InChI is InChI=1S/C11H13N5/c1-15-6-7-16-10(8-15)13-14-11(16)9-2-4-12-5-3-9/h2-5H,6-8H2,1H3. The van der Waals surface area contributed by atoms with Crippen molar-refractivity contribution in [2.75, 3.05) is 13.6 Å². The summed E-state index contributed by atoms with van der Waals surface area (Å²) in [4.78, 5) is 6.26. The van der Waals surface area contributed by atoms with Gasteiger partial charge in [-0.2, -0.15) is 0 Å². The van der Waals surface area contributed by atoms with Crippen molar-refractivity contribution in [3.8, 4) is 11.4 Å². The van der Waals surface area contributed by atoms with Gasteiger partial charge in [-0.3, -0.25) is 9.88 Å². The molecule has 0 radical (unpaired) electrons. The van der Waals surface area contributed by atoms with E-state index in [1.54, 1.807) is 12.4 Å². The van der Waals surface area contributed by atoms with Gasteiger partial charge in [-0.1, -0.05) is 0 Å². The van der Waals surface area contributed by atoms with E-state index in [9.17, 15) is 0 Å². The molecule has 3 rings (SSSR count). The van der Waals surface area contributed by atoms with Crippen LogP contribution in [0.5, 0.6) is 0 Å². The number of likely N-dealkylation sites (N-methyl/N-ethyl adjacent to an activating group) is 1. The van der Waals surface area contributed by atoms with Crippen LogP contribution in [0.2, 0.25) is 0 Å². The molecule has 82 valence electrons. The van der Waals surface area contributed by atoms with Crippen LogP contribution < -0.4 is 0 Å². The molecule has 0 amide bonds. The molecule has 0 aromatic carbocycles. The average molecular weight is 215 g/mol. The van der Waals surface area contributed by atoms with Gasteiger partial charge in [0, 0.05) is 31.0 Å². The van der Waals surface area contributed by atoms with E-state index in [4.69, 9.17) is 0 Å². The lowest BCUT2D eigenvalue weighted by molar-refractivity contribution is 0.265. The van der Waals surface area contributed by atoms with Crippen molar-refractivity contribution in [1.29, 1.82) is 0 Å². The van der Waals surface area contributed by atoms with E-state index in [1.165, 1.54) is 0 Å². The number of aromatic nitrogens is 4. The van der Waals surface area contributed by atoms with Crippen LogP contribution in [0.1, 0.15) is 5.82 Å². The molecular formula is C11H13N5. The first-order chi connectivity index (χ1) is 7.84. The Morgan fingerprint density at radius 2 is 1.94 bits per heavy atom. The third-order valence-corrected chi connectivity index (χ3v) is 2.88. The smallest absolute Gasteiger partial charge is 0.164 e. The molecule has 0 unspecified atom stereocenters. The van der Waals surface area contributed by atoms with E-state index in [1.807, 2.05) is 12.1 Å². The Morgan fingerprint density at radius 1 is 1.12 bits per heavy atom. The topological polar surface area (TPSA) is 46.8 Å². The zero-order valence-corrected chi connectivity index (χ0v) is 9.17. The number of rotatable bonds is 1. The third kappa shape index (κ3) is 1.49. The Kier molecular flexibility index (Phi) is 2.18. The van der Waals surface area contributed by atoms with E-state index in [-0.39, 0.29) is 0 Å². The molecule has 16 heavy (non-hydrogen) atoms. The van der Waals surface area contributed by atoms with Gasteiger partial charge in [-0.25, -0.2) is 0 Å². The van der Waals surface area contributed by atoms with Crippen LogP contribution >= 0.6 is 0 Å². The fraction of sp³-hybridized carbons (Fsp3) is 0.364. The fourth-order valence-corrected chi connectivity index (χ4v) is 1.99. The molecule has 0 N–H and O–H groups in total. The summed E-state index contributed by atoms with van der Waals surface area (Å²) in [6, 6.07) is 3.94. The molecule has 0 saturated heterocycles. The minimum Gasteiger partial charge on any atom is -0.309 e. The summed E-state index contributed by atoms with van der Waals surface area (Å²) in [5, 5.41) is 8.50. The first-order valence-corrected chi connectivity index (χ1v) is 5.35. The summed E-state index contributed by atoms with van der Waals surface area (Å²) < 4.78 is 2.19. The highest BCUT2D eigenvalue weighted by Crippen LogP contribution is 2.20. The number of hydrogen-bond donors (Lipinski definition) is 0. The minimum atomic E-state index is 0.873.